The minimum absolute atomic E-state index is 0.0442. The number of nitrogens with zero attached hydrogens (tertiary/aromatic N) is 1. The monoisotopic (exact) mass is 575 g/mol. The highest BCUT2D eigenvalue weighted by atomic mass is 32.2. The summed E-state index contributed by atoms with van der Waals surface area (Å²) < 4.78 is 29.2. The van der Waals surface area contributed by atoms with Crippen LogP contribution in [0.1, 0.15) is 44.1 Å². The Balaban J connectivity index is 0.000000469. The van der Waals surface area contributed by atoms with Crippen molar-refractivity contribution in [1.29, 1.82) is 0 Å². The van der Waals surface area contributed by atoms with Crippen molar-refractivity contribution in [2.75, 3.05) is 13.1 Å². The van der Waals surface area contributed by atoms with Crippen LogP contribution in [0.4, 0.5) is 0 Å². The Kier molecular flexibility index (Phi) is 13.1. The predicted molar refractivity (Wildman–Crippen MR) is 152 cm³/mol. The van der Waals surface area contributed by atoms with Gasteiger partial charge in [-0.25, -0.2) is 0 Å². The number of hydrogen-bond donors (Lipinski definition) is 7. The molecular formula is C26H38BN5O7S. The minimum atomic E-state index is -4.00. The Morgan fingerprint density at radius 2 is 1.55 bits per heavy atom. The maximum atomic E-state index is 13.0. The van der Waals surface area contributed by atoms with Gasteiger partial charge in [0.25, 0.3) is 10.1 Å². The van der Waals surface area contributed by atoms with Crippen molar-refractivity contribution in [2.24, 2.45) is 21.9 Å². The van der Waals surface area contributed by atoms with Crippen molar-refractivity contribution >= 4 is 35.0 Å². The molecule has 14 heteroatoms. The third-order valence-electron chi connectivity index (χ3n) is 6.55. The van der Waals surface area contributed by atoms with Crippen molar-refractivity contribution in [2.45, 2.75) is 55.8 Å². The number of hydrogen-bond acceptors (Lipinski definition) is 7. The van der Waals surface area contributed by atoms with E-state index in [1.54, 1.807) is 18.2 Å². The molecule has 9 N–H and O–H groups in total. The molecule has 0 bridgehead atoms. The van der Waals surface area contributed by atoms with Gasteiger partial charge in [0.2, 0.25) is 11.8 Å². The summed E-state index contributed by atoms with van der Waals surface area (Å²) in [6.45, 7) is 0.745. The van der Waals surface area contributed by atoms with Crippen LogP contribution in [-0.2, 0) is 26.1 Å². The number of guanidine groups is 1. The first-order valence-electron chi connectivity index (χ1n) is 13.0. The average molecular weight is 575 g/mol. The topological polar surface area (TPSA) is 217 Å². The summed E-state index contributed by atoms with van der Waals surface area (Å²) in [5, 5.41) is 24.9. The Bertz CT molecular complexity index is 1200. The minimum Gasteiger partial charge on any atom is -0.426 e. The van der Waals surface area contributed by atoms with Crippen LogP contribution >= 0.6 is 0 Å². The smallest absolute Gasteiger partial charge is 0.426 e. The van der Waals surface area contributed by atoms with Gasteiger partial charge in [0.1, 0.15) is 5.41 Å². The largest absolute Gasteiger partial charge is 0.475 e. The molecule has 1 fully saturated rings. The van der Waals surface area contributed by atoms with Crippen molar-refractivity contribution in [3.05, 3.63) is 66.2 Å². The number of carbonyl (C=O) groups is 2. The third-order valence-corrected chi connectivity index (χ3v) is 7.42. The van der Waals surface area contributed by atoms with E-state index in [-0.39, 0.29) is 23.2 Å². The molecule has 1 saturated carbocycles. The molecule has 2 amide bonds. The third kappa shape index (κ3) is 10.6. The summed E-state index contributed by atoms with van der Waals surface area (Å²) >= 11 is 0. The second-order valence-electron chi connectivity index (χ2n) is 9.51. The summed E-state index contributed by atoms with van der Waals surface area (Å²) in [6.07, 6.45) is 3.83. The molecule has 0 aromatic heterocycles. The van der Waals surface area contributed by atoms with Crippen molar-refractivity contribution in [3.8, 4) is 0 Å². The van der Waals surface area contributed by atoms with Gasteiger partial charge in [0.15, 0.2) is 5.96 Å². The van der Waals surface area contributed by atoms with Crippen molar-refractivity contribution in [3.63, 3.8) is 0 Å². The van der Waals surface area contributed by atoms with Crippen LogP contribution in [0.2, 0.25) is 0 Å². The summed E-state index contributed by atoms with van der Waals surface area (Å²) in [7, 11) is -5.75. The van der Waals surface area contributed by atoms with Crippen LogP contribution in [0.3, 0.4) is 0 Å². The van der Waals surface area contributed by atoms with Gasteiger partial charge < -0.3 is 32.1 Å². The molecule has 12 nitrogen and oxygen atoms in total. The van der Waals surface area contributed by atoms with Gasteiger partial charge in [-0.2, -0.15) is 8.42 Å². The zero-order valence-corrected chi connectivity index (χ0v) is 23.1. The van der Waals surface area contributed by atoms with E-state index >= 15 is 0 Å². The van der Waals surface area contributed by atoms with Gasteiger partial charge in [-0.05, 0) is 49.8 Å². The van der Waals surface area contributed by atoms with E-state index in [0.29, 0.717) is 38.8 Å². The van der Waals surface area contributed by atoms with E-state index < -0.39 is 34.5 Å². The molecule has 40 heavy (non-hydrogen) atoms. The Labute approximate surface area is 235 Å². The first kappa shape index (κ1) is 32.8. The van der Waals surface area contributed by atoms with Crippen LogP contribution in [-0.4, -0.2) is 66.9 Å². The molecule has 0 radical (unpaired) electrons. The van der Waals surface area contributed by atoms with Gasteiger partial charge in [-0.3, -0.25) is 19.1 Å². The summed E-state index contributed by atoms with van der Waals surface area (Å²) in [5.41, 5.74) is 10.5. The number of rotatable bonds is 12. The van der Waals surface area contributed by atoms with E-state index in [1.807, 2.05) is 30.3 Å². The Morgan fingerprint density at radius 1 is 0.975 bits per heavy atom. The highest BCUT2D eigenvalue weighted by Crippen LogP contribution is 2.39. The first-order chi connectivity index (χ1) is 19.0. The maximum absolute atomic E-state index is 13.0. The molecule has 0 unspecified atom stereocenters. The number of nitrogens with one attached hydrogen (secondary N) is 2. The number of aliphatic imine (C=N–C) groups is 1. The van der Waals surface area contributed by atoms with E-state index in [1.165, 1.54) is 12.1 Å². The van der Waals surface area contributed by atoms with Gasteiger partial charge in [0, 0.05) is 13.1 Å². The van der Waals surface area contributed by atoms with Gasteiger partial charge in [0.05, 0.1) is 10.8 Å². The molecule has 2 aromatic rings. The highest BCUT2D eigenvalue weighted by Gasteiger charge is 2.48. The summed E-state index contributed by atoms with van der Waals surface area (Å²) in [4.78, 5) is 29.8. The molecule has 0 heterocycles. The lowest BCUT2D eigenvalue weighted by Crippen LogP contribution is -2.56. The molecule has 218 valence electrons. The molecule has 1 atom stereocenters. The predicted octanol–water partition coefficient (Wildman–Crippen LogP) is 0.389. The number of benzene rings is 2. The molecule has 3 rings (SSSR count). The lowest BCUT2D eigenvalue weighted by molar-refractivity contribution is -0.143. The number of carbonyl (C=O) groups excluding carboxylic acids is 2. The fourth-order valence-corrected chi connectivity index (χ4v) is 4.89. The Hall–Kier alpha value is -3.46. The van der Waals surface area contributed by atoms with Crippen LogP contribution in [0, 0.1) is 5.41 Å². The van der Waals surface area contributed by atoms with E-state index in [2.05, 4.69) is 15.6 Å². The van der Waals surface area contributed by atoms with E-state index in [4.69, 9.17) is 16.0 Å². The highest BCUT2D eigenvalue weighted by molar-refractivity contribution is 7.85. The van der Waals surface area contributed by atoms with Gasteiger partial charge >= 0.3 is 7.12 Å². The first-order valence-corrected chi connectivity index (χ1v) is 14.5. The fraction of sp³-hybridized carbons (Fsp3) is 0.423. The van der Waals surface area contributed by atoms with Crippen LogP contribution < -0.4 is 22.1 Å². The summed E-state index contributed by atoms with van der Waals surface area (Å²) in [5.74, 6) is -1.71. The zero-order chi connectivity index (χ0) is 29.6. The van der Waals surface area contributed by atoms with Crippen LogP contribution in [0.15, 0.2) is 70.6 Å². The second kappa shape index (κ2) is 16.0. The maximum Gasteiger partial charge on any atom is 0.475 e. The Morgan fingerprint density at radius 3 is 2.05 bits per heavy atom. The van der Waals surface area contributed by atoms with Crippen LogP contribution in [0.25, 0.3) is 0 Å². The quantitative estimate of drug-likeness (QED) is 0.0464. The molecule has 0 saturated heterocycles. The fourth-order valence-electron chi connectivity index (χ4n) is 4.38. The second-order valence-corrected chi connectivity index (χ2v) is 10.9. The molecule has 0 spiro atoms. The number of nitrogens with two attached hydrogens (primary N) is 2. The SMILES string of the molecule is NC(N)=NCCC[C@H](NC(=O)C1(C(=O)NCCc2ccccc2)CCCC1)B(O)O.O=S(=O)(O)c1ccccc1. The average Bonchev–Trinajstić information content (AvgIpc) is 3.43. The van der Waals surface area contributed by atoms with E-state index in [0.717, 1.165) is 18.4 Å². The van der Waals surface area contributed by atoms with E-state index in [9.17, 15) is 28.1 Å². The molecule has 1 aliphatic carbocycles. The summed E-state index contributed by atoms with van der Waals surface area (Å²) in [6, 6.07) is 17.2. The number of amides is 2. The zero-order valence-electron chi connectivity index (χ0n) is 22.3. The normalized spacial score (nSPS) is 14.7. The lowest BCUT2D eigenvalue weighted by Gasteiger charge is -2.29. The van der Waals surface area contributed by atoms with Crippen molar-refractivity contribution < 1.29 is 32.6 Å². The van der Waals surface area contributed by atoms with Crippen molar-refractivity contribution in [1.82, 2.24) is 10.6 Å². The van der Waals surface area contributed by atoms with Crippen LogP contribution in [0.5, 0.6) is 0 Å². The van der Waals surface area contributed by atoms with Gasteiger partial charge in [-0.15, -0.1) is 0 Å². The molecule has 2 aromatic carbocycles. The lowest BCUT2D eigenvalue weighted by atomic mass is 9.75. The standard InChI is InChI=1S/C20H32BN5O4.C6H6O3S/c22-19(23)25-13-6-9-16(21(29)30)26-18(28)20(11-4-5-12-20)17(27)24-14-10-15-7-2-1-3-8-15;7-10(8,9)6-4-2-1-3-5-6/h1-3,7-8,16,29-30H,4-6,9-14H2,(H,24,27)(H,26,28)(H4,22,23,25);1-5H,(H,7,8,9)/t16-;/m0./s1. The molecular weight excluding hydrogens is 537 g/mol. The molecule has 0 aliphatic heterocycles. The molecule has 1 aliphatic rings. The van der Waals surface area contributed by atoms with Gasteiger partial charge in [-0.1, -0.05) is 61.4 Å².